The van der Waals surface area contributed by atoms with Crippen LogP contribution in [0.2, 0.25) is 0 Å². The molecule has 0 saturated carbocycles. The molecular formula is C15H21N3O2S. The van der Waals surface area contributed by atoms with E-state index in [0.717, 1.165) is 45.4 Å². The maximum absolute atomic E-state index is 12.2. The van der Waals surface area contributed by atoms with Gasteiger partial charge in [-0.2, -0.15) is 0 Å². The van der Waals surface area contributed by atoms with Gasteiger partial charge in [0.15, 0.2) is 0 Å². The predicted molar refractivity (Wildman–Crippen MR) is 82.3 cm³/mol. The van der Waals surface area contributed by atoms with E-state index in [-0.39, 0.29) is 11.9 Å². The summed E-state index contributed by atoms with van der Waals surface area (Å²) in [4.78, 5) is 29.1. The minimum atomic E-state index is -0.0286. The molecule has 0 unspecified atom stereocenters. The van der Waals surface area contributed by atoms with Gasteiger partial charge in [-0.1, -0.05) is 0 Å². The molecule has 1 aromatic heterocycles. The third kappa shape index (κ3) is 3.37. The Hall–Kier alpha value is -1.56. The summed E-state index contributed by atoms with van der Waals surface area (Å²) in [5.74, 6) is 0.133. The van der Waals surface area contributed by atoms with Gasteiger partial charge in [-0.15, -0.1) is 11.3 Å². The molecule has 0 radical (unpaired) electrons. The molecular weight excluding hydrogens is 286 g/mol. The van der Waals surface area contributed by atoms with Crippen molar-refractivity contribution in [3.05, 3.63) is 21.9 Å². The average molecular weight is 307 g/mol. The number of nitrogens with zero attached hydrogens (tertiary/aromatic N) is 2. The summed E-state index contributed by atoms with van der Waals surface area (Å²) in [5, 5.41) is 4.94. The van der Waals surface area contributed by atoms with Crippen LogP contribution >= 0.6 is 11.3 Å². The van der Waals surface area contributed by atoms with Crippen LogP contribution in [0, 0.1) is 0 Å². The van der Waals surface area contributed by atoms with Gasteiger partial charge < -0.3 is 15.1 Å². The molecule has 2 aliphatic rings. The molecule has 1 saturated heterocycles. The van der Waals surface area contributed by atoms with Gasteiger partial charge in [-0.25, -0.2) is 4.79 Å². The van der Waals surface area contributed by atoms with Crippen molar-refractivity contribution < 1.29 is 9.59 Å². The molecule has 0 aliphatic carbocycles. The fourth-order valence-corrected chi connectivity index (χ4v) is 3.82. The highest BCUT2D eigenvalue weighted by molar-refractivity contribution is 7.10. The second-order valence-electron chi connectivity index (χ2n) is 5.61. The van der Waals surface area contributed by atoms with E-state index >= 15 is 0 Å². The molecule has 2 aliphatic heterocycles. The topological polar surface area (TPSA) is 52.7 Å². The minimum absolute atomic E-state index is 0.0286. The number of hydrogen-bond acceptors (Lipinski definition) is 3. The lowest BCUT2D eigenvalue weighted by Gasteiger charge is -2.27. The Bertz CT molecular complexity index is 523. The van der Waals surface area contributed by atoms with E-state index in [1.807, 2.05) is 9.80 Å². The minimum Gasteiger partial charge on any atom is -0.338 e. The highest BCUT2D eigenvalue weighted by Gasteiger charge is 2.22. The van der Waals surface area contributed by atoms with Crippen molar-refractivity contribution >= 4 is 23.3 Å². The highest BCUT2D eigenvalue weighted by Crippen LogP contribution is 2.24. The van der Waals surface area contributed by atoms with E-state index in [1.165, 1.54) is 10.4 Å². The Kier molecular flexibility index (Phi) is 4.43. The SMILES string of the molecule is O=C(CCNC(=O)N1CCCC1)N1CCc2sccc2C1. The van der Waals surface area contributed by atoms with Crippen LogP contribution in [0.25, 0.3) is 0 Å². The zero-order valence-corrected chi connectivity index (χ0v) is 13.0. The monoisotopic (exact) mass is 307 g/mol. The molecule has 0 atom stereocenters. The number of rotatable bonds is 3. The molecule has 3 heterocycles. The predicted octanol–water partition coefficient (Wildman–Crippen LogP) is 1.83. The normalized spacial score (nSPS) is 17.7. The fraction of sp³-hybridized carbons (Fsp3) is 0.600. The quantitative estimate of drug-likeness (QED) is 0.926. The summed E-state index contributed by atoms with van der Waals surface area (Å²) in [6.07, 6.45) is 3.52. The van der Waals surface area contributed by atoms with Gasteiger partial charge in [0.2, 0.25) is 5.91 Å². The van der Waals surface area contributed by atoms with Gasteiger partial charge in [0, 0.05) is 44.0 Å². The maximum atomic E-state index is 12.2. The third-order valence-electron chi connectivity index (χ3n) is 4.17. The van der Waals surface area contributed by atoms with Crippen LogP contribution < -0.4 is 5.32 Å². The Morgan fingerprint density at radius 3 is 2.81 bits per heavy atom. The summed E-state index contributed by atoms with van der Waals surface area (Å²) in [6.45, 7) is 3.63. The Labute approximate surface area is 128 Å². The van der Waals surface area contributed by atoms with Crippen molar-refractivity contribution in [3.63, 3.8) is 0 Å². The molecule has 0 bridgehead atoms. The zero-order valence-electron chi connectivity index (χ0n) is 12.1. The number of carbonyl (C=O) groups excluding carboxylic acids is 2. The number of fused-ring (bicyclic) bond motifs is 1. The summed E-state index contributed by atoms with van der Waals surface area (Å²) >= 11 is 1.77. The van der Waals surface area contributed by atoms with Gasteiger partial charge in [-0.05, 0) is 36.3 Å². The molecule has 0 aromatic carbocycles. The average Bonchev–Trinajstić information content (AvgIpc) is 3.17. The van der Waals surface area contributed by atoms with Gasteiger partial charge in [0.1, 0.15) is 0 Å². The first-order valence-corrected chi connectivity index (χ1v) is 8.48. The number of urea groups is 1. The van der Waals surface area contributed by atoms with E-state index in [9.17, 15) is 9.59 Å². The molecule has 1 N–H and O–H groups in total. The summed E-state index contributed by atoms with van der Waals surface area (Å²) in [6, 6.07) is 2.08. The lowest BCUT2D eigenvalue weighted by molar-refractivity contribution is -0.131. The standard InChI is InChI=1S/C15H21N3O2S/c19-14(3-6-16-15(20)17-7-1-2-8-17)18-9-4-13-12(11-18)5-10-21-13/h5,10H,1-4,6-9,11H2,(H,16,20). The van der Waals surface area contributed by atoms with E-state index in [2.05, 4.69) is 16.8 Å². The van der Waals surface area contributed by atoms with Gasteiger partial charge >= 0.3 is 6.03 Å². The first-order chi connectivity index (χ1) is 10.2. The molecule has 3 amide bonds. The molecule has 21 heavy (non-hydrogen) atoms. The van der Waals surface area contributed by atoms with E-state index < -0.39 is 0 Å². The van der Waals surface area contributed by atoms with Crippen LogP contribution in [0.3, 0.4) is 0 Å². The number of likely N-dealkylation sites (tertiary alicyclic amines) is 1. The van der Waals surface area contributed by atoms with Crippen molar-refractivity contribution in [1.82, 2.24) is 15.1 Å². The molecule has 1 aromatic rings. The first kappa shape index (κ1) is 14.4. The van der Waals surface area contributed by atoms with E-state index in [1.54, 1.807) is 11.3 Å². The Balaban J connectivity index is 1.41. The first-order valence-electron chi connectivity index (χ1n) is 7.60. The van der Waals surface area contributed by atoms with Gasteiger partial charge in [0.05, 0.1) is 0 Å². The molecule has 1 fully saturated rings. The second kappa shape index (κ2) is 6.47. The second-order valence-corrected chi connectivity index (χ2v) is 6.61. The number of nitrogens with one attached hydrogen (secondary N) is 1. The van der Waals surface area contributed by atoms with Crippen molar-refractivity contribution in [1.29, 1.82) is 0 Å². The number of carbonyl (C=O) groups is 2. The van der Waals surface area contributed by atoms with Crippen molar-refractivity contribution in [2.75, 3.05) is 26.2 Å². The molecule has 114 valence electrons. The van der Waals surface area contributed by atoms with E-state index in [4.69, 9.17) is 0 Å². The van der Waals surface area contributed by atoms with Crippen molar-refractivity contribution in [2.45, 2.75) is 32.2 Å². The Morgan fingerprint density at radius 1 is 1.19 bits per heavy atom. The van der Waals surface area contributed by atoms with Crippen molar-refractivity contribution in [2.24, 2.45) is 0 Å². The largest absolute Gasteiger partial charge is 0.338 e. The number of hydrogen-bond donors (Lipinski definition) is 1. The summed E-state index contributed by atoms with van der Waals surface area (Å²) < 4.78 is 0. The molecule has 3 rings (SSSR count). The third-order valence-corrected chi connectivity index (χ3v) is 5.19. The fourth-order valence-electron chi connectivity index (χ4n) is 2.93. The zero-order chi connectivity index (χ0) is 14.7. The van der Waals surface area contributed by atoms with Gasteiger partial charge in [-0.3, -0.25) is 4.79 Å². The summed E-state index contributed by atoms with van der Waals surface area (Å²) in [7, 11) is 0. The number of amides is 3. The molecule has 0 spiro atoms. The van der Waals surface area contributed by atoms with Gasteiger partial charge in [0.25, 0.3) is 0 Å². The van der Waals surface area contributed by atoms with E-state index in [0.29, 0.717) is 13.0 Å². The summed E-state index contributed by atoms with van der Waals surface area (Å²) in [5.41, 5.74) is 1.28. The van der Waals surface area contributed by atoms with Crippen LogP contribution in [0.1, 0.15) is 29.7 Å². The Morgan fingerprint density at radius 2 is 2.00 bits per heavy atom. The lowest BCUT2D eigenvalue weighted by Crippen LogP contribution is -2.41. The van der Waals surface area contributed by atoms with Crippen LogP contribution in [0.5, 0.6) is 0 Å². The molecule has 5 nitrogen and oxygen atoms in total. The van der Waals surface area contributed by atoms with Crippen molar-refractivity contribution in [3.8, 4) is 0 Å². The maximum Gasteiger partial charge on any atom is 0.317 e. The number of thiophene rings is 1. The van der Waals surface area contributed by atoms with Crippen LogP contribution in [-0.4, -0.2) is 47.9 Å². The lowest BCUT2D eigenvalue weighted by atomic mass is 10.1. The van der Waals surface area contributed by atoms with Crippen LogP contribution in [0.15, 0.2) is 11.4 Å². The smallest absolute Gasteiger partial charge is 0.317 e. The van der Waals surface area contributed by atoms with Crippen LogP contribution in [-0.2, 0) is 17.8 Å². The highest BCUT2D eigenvalue weighted by atomic mass is 32.1. The molecule has 6 heteroatoms. The van der Waals surface area contributed by atoms with Crippen LogP contribution in [0.4, 0.5) is 4.79 Å².